The average molecular weight is 213 g/mol. The number of hydrogen-bond acceptors (Lipinski definition) is 3. The summed E-state index contributed by atoms with van der Waals surface area (Å²) in [5, 5.41) is 18.5. The largest absolute Gasteiger partial charge is 0.481 e. The third-order valence-electron chi connectivity index (χ3n) is 3.84. The first-order valence-electron chi connectivity index (χ1n) is 5.17. The van der Waals surface area contributed by atoms with Crippen molar-refractivity contribution in [2.24, 2.45) is 5.92 Å². The topological polar surface area (TPSA) is 60.8 Å². The van der Waals surface area contributed by atoms with Crippen molar-refractivity contribution in [3.63, 3.8) is 0 Å². The van der Waals surface area contributed by atoms with E-state index in [4.69, 9.17) is 0 Å². The maximum atomic E-state index is 11.3. The van der Waals surface area contributed by atoms with Crippen molar-refractivity contribution in [3.8, 4) is 0 Å². The molecular weight excluding hydrogens is 194 g/mol. The van der Waals surface area contributed by atoms with Crippen LogP contribution in [0, 0.1) is 5.92 Å². The van der Waals surface area contributed by atoms with Crippen LogP contribution in [-0.4, -0.2) is 40.3 Å². The third kappa shape index (κ3) is 1.53. The standard InChI is InChI=1S/C11H19NO3/c1-5-11(3)9(10(14)15)8(6-13)7(2)12(11)4/h9,13H,5-6H2,1-4H3,(H,14,15). The van der Waals surface area contributed by atoms with Gasteiger partial charge in [0.15, 0.2) is 0 Å². The summed E-state index contributed by atoms with van der Waals surface area (Å²) in [7, 11) is 1.89. The van der Waals surface area contributed by atoms with Crippen molar-refractivity contribution in [3.05, 3.63) is 11.3 Å². The molecule has 2 atom stereocenters. The van der Waals surface area contributed by atoms with Crippen molar-refractivity contribution in [1.82, 2.24) is 4.90 Å². The van der Waals surface area contributed by atoms with Gasteiger partial charge in [-0.15, -0.1) is 0 Å². The highest BCUT2D eigenvalue weighted by Gasteiger charge is 2.49. The van der Waals surface area contributed by atoms with Crippen molar-refractivity contribution in [2.45, 2.75) is 32.7 Å². The van der Waals surface area contributed by atoms with Crippen LogP contribution >= 0.6 is 0 Å². The second-order valence-corrected chi connectivity index (χ2v) is 4.31. The van der Waals surface area contributed by atoms with Gasteiger partial charge in [0.25, 0.3) is 0 Å². The van der Waals surface area contributed by atoms with Crippen molar-refractivity contribution in [1.29, 1.82) is 0 Å². The molecule has 0 aromatic heterocycles. The van der Waals surface area contributed by atoms with E-state index >= 15 is 0 Å². The molecule has 0 radical (unpaired) electrons. The van der Waals surface area contributed by atoms with E-state index in [2.05, 4.69) is 0 Å². The molecule has 0 aliphatic carbocycles. The third-order valence-corrected chi connectivity index (χ3v) is 3.84. The van der Waals surface area contributed by atoms with Gasteiger partial charge in [-0.25, -0.2) is 0 Å². The Morgan fingerprint density at radius 3 is 2.47 bits per heavy atom. The number of carboxylic acids is 1. The molecule has 4 heteroatoms. The lowest BCUT2D eigenvalue weighted by atomic mass is 9.81. The van der Waals surface area contributed by atoms with Gasteiger partial charge in [-0.1, -0.05) is 6.92 Å². The minimum absolute atomic E-state index is 0.178. The van der Waals surface area contributed by atoms with Crippen LogP contribution in [0.4, 0.5) is 0 Å². The van der Waals surface area contributed by atoms with E-state index in [9.17, 15) is 15.0 Å². The summed E-state index contributed by atoms with van der Waals surface area (Å²) in [6.45, 7) is 5.59. The van der Waals surface area contributed by atoms with Gasteiger partial charge in [-0.2, -0.15) is 0 Å². The van der Waals surface area contributed by atoms with Crippen LogP contribution in [-0.2, 0) is 4.79 Å². The fourth-order valence-corrected chi connectivity index (χ4v) is 2.44. The van der Waals surface area contributed by atoms with Gasteiger partial charge in [0.2, 0.25) is 0 Å². The van der Waals surface area contributed by atoms with E-state index in [0.29, 0.717) is 5.57 Å². The summed E-state index contributed by atoms with van der Waals surface area (Å²) >= 11 is 0. The van der Waals surface area contributed by atoms with E-state index in [1.165, 1.54) is 0 Å². The summed E-state index contributed by atoms with van der Waals surface area (Å²) in [5.41, 5.74) is 1.09. The number of carbonyl (C=O) groups is 1. The minimum Gasteiger partial charge on any atom is -0.481 e. The lowest BCUT2D eigenvalue weighted by Crippen LogP contribution is -2.46. The Kier molecular flexibility index (Phi) is 3.09. The van der Waals surface area contributed by atoms with Gasteiger partial charge in [0.1, 0.15) is 5.92 Å². The van der Waals surface area contributed by atoms with Crippen LogP contribution in [0.25, 0.3) is 0 Å². The van der Waals surface area contributed by atoms with Crippen LogP contribution in [0.1, 0.15) is 27.2 Å². The molecule has 2 unspecified atom stereocenters. The Labute approximate surface area is 90.2 Å². The van der Waals surface area contributed by atoms with Crippen LogP contribution in [0.2, 0.25) is 0 Å². The molecule has 86 valence electrons. The number of aliphatic carboxylic acids is 1. The predicted octanol–water partition coefficient (Wildman–Crippen LogP) is 1.07. The molecule has 4 nitrogen and oxygen atoms in total. The number of aliphatic hydroxyl groups excluding tert-OH is 1. The highest BCUT2D eigenvalue weighted by atomic mass is 16.4. The zero-order valence-corrected chi connectivity index (χ0v) is 9.74. The van der Waals surface area contributed by atoms with Crippen molar-refractivity contribution >= 4 is 5.97 Å². The Morgan fingerprint density at radius 2 is 2.13 bits per heavy atom. The summed E-state index contributed by atoms with van der Waals surface area (Å²) in [6, 6.07) is 0. The lowest BCUT2D eigenvalue weighted by Gasteiger charge is -2.37. The zero-order valence-electron chi connectivity index (χ0n) is 9.74. The molecule has 1 aliphatic heterocycles. The van der Waals surface area contributed by atoms with E-state index in [1.807, 2.05) is 32.7 Å². The first-order chi connectivity index (χ1) is 6.90. The molecule has 0 bridgehead atoms. The van der Waals surface area contributed by atoms with E-state index in [0.717, 1.165) is 12.1 Å². The number of allylic oxidation sites excluding steroid dienone is 1. The second-order valence-electron chi connectivity index (χ2n) is 4.31. The van der Waals surface area contributed by atoms with Gasteiger partial charge in [0.05, 0.1) is 12.1 Å². The Morgan fingerprint density at radius 1 is 1.60 bits per heavy atom. The second kappa shape index (κ2) is 3.85. The number of carboxylic acid groups (broad SMARTS) is 1. The number of nitrogens with zero attached hydrogens (tertiary/aromatic N) is 1. The minimum atomic E-state index is -0.855. The zero-order chi connectivity index (χ0) is 11.8. The van der Waals surface area contributed by atoms with Crippen LogP contribution in [0.15, 0.2) is 11.3 Å². The van der Waals surface area contributed by atoms with Gasteiger partial charge in [-0.05, 0) is 25.8 Å². The first kappa shape index (κ1) is 12.0. The quantitative estimate of drug-likeness (QED) is 0.736. The Balaban J connectivity index is 3.23. The van der Waals surface area contributed by atoms with E-state index in [1.54, 1.807) is 0 Å². The summed E-state index contributed by atoms with van der Waals surface area (Å²) < 4.78 is 0. The van der Waals surface area contributed by atoms with Gasteiger partial charge in [0, 0.05) is 12.7 Å². The molecule has 1 heterocycles. The molecule has 0 fully saturated rings. The summed E-state index contributed by atoms with van der Waals surface area (Å²) in [5.74, 6) is -1.45. The van der Waals surface area contributed by atoms with E-state index < -0.39 is 17.4 Å². The fourth-order valence-electron chi connectivity index (χ4n) is 2.44. The highest BCUT2D eigenvalue weighted by molar-refractivity contribution is 5.77. The summed E-state index contributed by atoms with van der Waals surface area (Å²) in [4.78, 5) is 13.2. The molecule has 15 heavy (non-hydrogen) atoms. The fraction of sp³-hybridized carbons (Fsp3) is 0.727. The van der Waals surface area contributed by atoms with Crippen LogP contribution in [0.5, 0.6) is 0 Å². The Hall–Kier alpha value is -1.03. The average Bonchev–Trinajstić information content (AvgIpc) is 2.39. The van der Waals surface area contributed by atoms with Crippen molar-refractivity contribution < 1.29 is 15.0 Å². The molecule has 1 rings (SSSR count). The molecule has 0 aromatic carbocycles. The van der Waals surface area contributed by atoms with Gasteiger partial charge < -0.3 is 15.1 Å². The first-order valence-corrected chi connectivity index (χ1v) is 5.17. The maximum absolute atomic E-state index is 11.3. The summed E-state index contributed by atoms with van der Waals surface area (Å²) in [6.07, 6.45) is 0.737. The lowest BCUT2D eigenvalue weighted by molar-refractivity contribution is -0.143. The molecule has 0 aromatic rings. The molecular formula is C11H19NO3. The molecule has 0 amide bonds. The molecule has 1 aliphatic rings. The van der Waals surface area contributed by atoms with Crippen molar-refractivity contribution in [2.75, 3.05) is 13.7 Å². The highest BCUT2D eigenvalue weighted by Crippen LogP contribution is 2.42. The van der Waals surface area contributed by atoms with Crippen LogP contribution < -0.4 is 0 Å². The normalized spacial score (nSPS) is 31.3. The smallest absolute Gasteiger partial charge is 0.313 e. The molecule has 2 N–H and O–H groups in total. The Bertz CT molecular complexity index is 311. The number of hydrogen-bond donors (Lipinski definition) is 2. The number of rotatable bonds is 3. The SMILES string of the molecule is CCC1(C)C(C(=O)O)C(CO)=C(C)N1C. The molecule has 0 saturated carbocycles. The maximum Gasteiger partial charge on any atom is 0.313 e. The van der Waals surface area contributed by atoms with Gasteiger partial charge in [-0.3, -0.25) is 4.79 Å². The van der Waals surface area contributed by atoms with Gasteiger partial charge >= 0.3 is 5.97 Å². The monoisotopic (exact) mass is 213 g/mol. The molecule has 0 spiro atoms. The predicted molar refractivity (Wildman–Crippen MR) is 57.4 cm³/mol. The van der Waals surface area contributed by atoms with E-state index in [-0.39, 0.29) is 6.61 Å². The molecule has 0 saturated heterocycles. The van der Waals surface area contributed by atoms with Crippen LogP contribution in [0.3, 0.4) is 0 Å². The number of aliphatic hydroxyl groups is 1.